The second kappa shape index (κ2) is 13.0. The molecule has 22 heavy (non-hydrogen) atoms. The first-order valence-corrected chi connectivity index (χ1v) is 9.71. The number of amides is 1. The molecule has 1 N–H and O–H groups in total. The van der Waals surface area contributed by atoms with E-state index in [2.05, 4.69) is 39.9 Å². The van der Waals surface area contributed by atoms with E-state index < -0.39 is 0 Å². The highest BCUT2D eigenvalue weighted by atomic mass is 16.1. The second-order valence-electron chi connectivity index (χ2n) is 7.80. The third-order valence-electron chi connectivity index (χ3n) is 4.60. The molecule has 1 atom stereocenters. The highest BCUT2D eigenvalue weighted by molar-refractivity contribution is 5.79. The van der Waals surface area contributed by atoms with Crippen molar-refractivity contribution in [1.82, 2.24) is 5.32 Å². The van der Waals surface area contributed by atoms with Gasteiger partial charge in [-0.15, -0.1) is 0 Å². The van der Waals surface area contributed by atoms with Crippen LogP contribution in [0.25, 0.3) is 0 Å². The fourth-order valence-corrected chi connectivity index (χ4v) is 3.14. The zero-order chi connectivity index (χ0) is 16.8. The molecule has 0 bridgehead atoms. The van der Waals surface area contributed by atoms with E-state index in [4.69, 9.17) is 0 Å². The normalized spacial score (nSPS) is 13.1. The van der Waals surface area contributed by atoms with E-state index >= 15 is 0 Å². The molecule has 0 saturated carbocycles. The van der Waals surface area contributed by atoms with Gasteiger partial charge in [0.1, 0.15) is 0 Å². The molecule has 0 aromatic heterocycles. The van der Waals surface area contributed by atoms with Crippen LogP contribution in [0.15, 0.2) is 0 Å². The molecule has 132 valence electrons. The van der Waals surface area contributed by atoms with Crippen LogP contribution in [0.1, 0.15) is 105 Å². The van der Waals surface area contributed by atoms with Gasteiger partial charge in [-0.3, -0.25) is 4.79 Å². The van der Waals surface area contributed by atoms with Gasteiger partial charge in [0.2, 0.25) is 5.91 Å². The summed E-state index contributed by atoms with van der Waals surface area (Å²) in [4.78, 5) is 12.2. The van der Waals surface area contributed by atoms with Gasteiger partial charge in [0.25, 0.3) is 0 Å². The van der Waals surface area contributed by atoms with Crippen molar-refractivity contribution < 1.29 is 4.79 Å². The molecule has 1 amide bonds. The smallest absolute Gasteiger partial charge is 0.223 e. The van der Waals surface area contributed by atoms with Crippen molar-refractivity contribution in [1.29, 1.82) is 0 Å². The van der Waals surface area contributed by atoms with E-state index in [-0.39, 0.29) is 17.2 Å². The lowest BCUT2D eigenvalue weighted by atomic mass is 9.78. The first-order valence-electron chi connectivity index (χ1n) is 9.71. The minimum Gasteiger partial charge on any atom is -0.356 e. The third kappa shape index (κ3) is 11.1. The number of carbonyl (C=O) groups is 1. The molecular formula is C20H41NO. The molecule has 0 radical (unpaired) electrons. The van der Waals surface area contributed by atoms with Crippen molar-refractivity contribution >= 4 is 5.91 Å². The third-order valence-corrected chi connectivity index (χ3v) is 4.60. The van der Waals surface area contributed by atoms with Crippen LogP contribution in [0.2, 0.25) is 0 Å². The molecule has 0 aromatic rings. The number of hydrogen-bond acceptors (Lipinski definition) is 1. The lowest BCUT2D eigenvalue weighted by Gasteiger charge is -2.28. The summed E-state index contributed by atoms with van der Waals surface area (Å²) in [6.45, 7) is 11.7. The van der Waals surface area contributed by atoms with Crippen molar-refractivity contribution in [2.24, 2.45) is 11.3 Å². The SMILES string of the molecule is CCCCCCCCCCCCNC(=O)C(CC)C(C)(C)C. The Kier molecular flexibility index (Phi) is 12.6. The second-order valence-corrected chi connectivity index (χ2v) is 7.80. The van der Waals surface area contributed by atoms with Crippen LogP contribution in [0.3, 0.4) is 0 Å². The monoisotopic (exact) mass is 311 g/mol. The van der Waals surface area contributed by atoms with Crippen molar-refractivity contribution in [2.75, 3.05) is 6.54 Å². The highest BCUT2D eigenvalue weighted by Gasteiger charge is 2.28. The Labute approximate surface area is 139 Å². The van der Waals surface area contributed by atoms with Crippen LogP contribution in [-0.2, 0) is 4.79 Å². The highest BCUT2D eigenvalue weighted by Crippen LogP contribution is 2.28. The number of hydrogen-bond donors (Lipinski definition) is 1. The molecule has 0 heterocycles. The number of carbonyl (C=O) groups excluding carboxylic acids is 1. The molecule has 2 nitrogen and oxygen atoms in total. The summed E-state index contributed by atoms with van der Waals surface area (Å²) < 4.78 is 0. The minimum absolute atomic E-state index is 0.0661. The standard InChI is InChI=1S/C20H41NO/c1-6-8-9-10-11-12-13-14-15-16-17-21-19(22)18(7-2)20(3,4)5/h18H,6-17H2,1-5H3,(H,21,22). The maximum atomic E-state index is 12.2. The van der Waals surface area contributed by atoms with Crippen molar-refractivity contribution in [2.45, 2.75) is 105 Å². The quantitative estimate of drug-likeness (QED) is 0.409. The predicted molar refractivity (Wildman–Crippen MR) is 98.1 cm³/mol. The van der Waals surface area contributed by atoms with Crippen LogP contribution in [0.5, 0.6) is 0 Å². The Morgan fingerprint density at radius 2 is 1.27 bits per heavy atom. The summed E-state index contributed by atoms with van der Waals surface area (Å²) in [5.74, 6) is 0.376. The number of nitrogens with one attached hydrogen (secondary N) is 1. The summed E-state index contributed by atoms with van der Waals surface area (Å²) in [5, 5.41) is 3.13. The van der Waals surface area contributed by atoms with Gasteiger partial charge in [-0.05, 0) is 18.3 Å². The van der Waals surface area contributed by atoms with Gasteiger partial charge in [-0.25, -0.2) is 0 Å². The summed E-state index contributed by atoms with van der Waals surface area (Å²) in [6, 6.07) is 0. The number of unbranched alkanes of at least 4 members (excludes halogenated alkanes) is 9. The number of rotatable bonds is 13. The Morgan fingerprint density at radius 1 is 0.818 bits per heavy atom. The van der Waals surface area contributed by atoms with E-state index in [0.717, 1.165) is 19.4 Å². The maximum absolute atomic E-state index is 12.2. The Hall–Kier alpha value is -0.530. The molecule has 0 aliphatic rings. The minimum atomic E-state index is 0.0661. The van der Waals surface area contributed by atoms with Crippen LogP contribution >= 0.6 is 0 Å². The summed E-state index contributed by atoms with van der Waals surface area (Å²) in [6.07, 6.45) is 14.3. The molecule has 0 spiro atoms. The molecule has 1 unspecified atom stereocenters. The van der Waals surface area contributed by atoms with Gasteiger partial charge in [-0.1, -0.05) is 92.4 Å². The summed E-state index contributed by atoms with van der Waals surface area (Å²) in [5.41, 5.74) is 0.0661. The lowest BCUT2D eigenvalue weighted by Crippen LogP contribution is -2.38. The molecule has 0 aliphatic carbocycles. The van der Waals surface area contributed by atoms with Gasteiger partial charge < -0.3 is 5.32 Å². The van der Waals surface area contributed by atoms with Crippen LogP contribution in [-0.4, -0.2) is 12.5 Å². The van der Waals surface area contributed by atoms with E-state index in [1.54, 1.807) is 0 Å². The topological polar surface area (TPSA) is 29.1 Å². The fraction of sp³-hybridized carbons (Fsp3) is 0.950. The maximum Gasteiger partial charge on any atom is 0.223 e. The first-order chi connectivity index (χ1) is 10.4. The van der Waals surface area contributed by atoms with Gasteiger partial charge >= 0.3 is 0 Å². The van der Waals surface area contributed by atoms with Crippen molar-refractivity contribution in [3.63, 3.8) is 0 Å². The molecule has 0 aliphatic heterocycles. The molecule has 0 saturated heterocycles. The Bertz CT molecular complexity index is 267. The Morgan fingerprint density at radius 3 is 1.68 bits per heavy atom. The van der Waals surface area contributed by atoms with Crippen LogP contribution in [0, 0.1) is 11.3 Å². The average molecular weight is 312 g/mol. The van der Waals surface area contributed by atoms with Crippen LogP contribution in [0.4, 0.5) is 0 Å². The average Bonchev–Trinajstić information content (AvgIpc) is 2.44. The van der Waals surface area contributed by atoms with Gasteiger partial charge in [0, 0.05) is 12.5 Å². The molecular weight excluding hydrogens is 270 g/mol. The zero-order valence-corrected chi connectivity index (χ0v) is 16.0. The van der Waals surface area contributed by atoms with E-state index in [0.29, 0.717) is 0 Å². The molecule has 0 fully saturated rings. The van der Waals surface area contributed by atoms with Gasteiger partial charge in [0.05, 0.1) is 0 Å². The molecule has 0 aromatic carbocycles. The van der Waals surface area contributed by atoms with Gasteiger partial charge in [-0.2, -0.15) is 0 Å². The van der Waals surface area contributed by atoms with E-state index in [9.17, 15) is 4.79 Å². The van der Waals surface area contributed by atoms with E-state index in [1.807, 2.05) is 0 Å². The molecule has 0 rings (SSSR count). The molecule has 2 heteroatoms. The predicted octanol–water partition coefficient (Wildman–Crippen LogP) is 6.10. The lowest BCUT2D eigenvalue weighted by molar-refractivity contribution is -0.128. The van der Waals surface area contributed by atoms with Crippen molar-refractivity contribution in [3.8, 4) is 0 Å². The van der Waals surface area contributed by atoms with Gasteiger partial charge in [0.15, 0.2) is 0 Å². The summed E-state index contributed by atoms with van der Waals surface area (Å²) >= 11 is 0. The summed E-state index contributed by atoms with van der Waals surface area (Å²) in [7, 11) is 0. The zero-order valence-electron chi connectivity index (χ0n) is 16.0. The van der Waals surface area contributed by atoms with E-state index in [1.165, 1.54) is 57.8 Å². The Balaban J connectivity index is 3.48. The first kappa shape index (κ1) is 21.5. The fourth-order valence-electron chi connectivity index (χ4n) is 3.14. The largest absolute Gasteiger partial charge is 0.356 e. The van der Waals surface area contributed by atoms with Crippen LogP contribution < -0.4 is 5.32 Å². The van der Waals surface area contributed by atoms with Crippen molar-refractivity contribution in [3.05, 3.63) is 0 Å².